The molecule has 0 spiro atoms. The average molecular weight is 1380 g/mol. The molecule has 0 radical (unpaired) electrons. The highest BCUT2D eigenvalue weighted by molar-refractivity contribution is 7.47. The van der Waals surface area contributed by atoms with Gasteiger partial charge in [0.2, 0.25) is 0 Å². The molecule has 0 aromatic carbocycles. The van der Waals surface area contributed by atoms with Gasteiger partial charge in [0.1, 0.15) is 19.8 Å². The van der Waals surface area contributed by atoms with Crippen molar-refractivity contribution in [2.75, 3.05) is 47.5 Å². The lowest BCUT2D eigenvalue weighted by molar-refractivity contribution is -0.870. The maximum atomic E-state index is 12.9. The van der Waals surface area contributed by atoms with Crippen molar-refractivity contribution in [2.45, 2.75) is 386 Å². The molecule has 0 amide bonds. The highest BCUT2D eigenvalue weighted by atomic mass is 31.2. The van der Waals surface area contributed by atoms with E-state index in [0.29, 0.717) is 23.9 Å². The van der Waals surface area contributed by atoms with Gasteiger partial charge in [-0.3, -0.25) is 18.6 Å². The first-order valence-corrected chi connectivity index (χ1v) is 42.6. The Hall–Kier alpha value is -3.33. The number of quaternary nitrogens is 1. The Morgan fingerprint density at radius 1 is 0.330 bits per heavy atom. The number of allylic oxidation sites excluding steroid dienone is 18. The number of carbonyl (C=O) groups excluding carboxylic acids is 2. The molecule has 0 bridgehead atoms. The summed E-state index contributed by atoms with van der Waals surface area (Å²) < 4.78 is 34.8. The molecule has 0 aromatic heterocycles. The number of phosphoric ester groups is 1. The lowest BCUT2D eigenvalue weighted by atomic mass is 10.0. The molecule has 0 saturated heterocycles. The third-order valence-corrected chi connectivity index (χ3v) is 19.1. The molecule has 0 rings (SSSR count). The van der Waals surface area contributed by atoms with Gasteiger partial charge in [-0.1, -0.05) is 393 Å². The Labute approximate surface area is 601 Å². The number of phosphoric acid groups is 1. The zero-order valence-electron chi connectivity index (χ0n) is 64.3. The van der Waals surface area contributed by atoms with Crippen molar-refractivity contribution < 1.29 is 42.1 Å². The van der Waals surface area contributed by atoms with Crippen LogP contribution in [0.4, 0.5) is 0 Å². The minimum absolute atomic E-state index is 0.0301. The Balaban J connectivity index is 3.97. The van der Waals surface area contributed by atoms with Gasteiger partial charge in [0, 0.05) is 12.8 Å². The van der Waals surface area contributed by atoms with E-state index in [1.807, 2.05) is 21.1 Å². The molecule has 0 saturated carbocycles. The highest BCUT2D eigenvalue weighted by Gasteiger charge is 2.27. The van der Waals surface area contributed by atoms with Crippen molar-refractivity contribution >= 4 is 19.8 Å². The van der Waals surface area contributed by atoms with Crippen molar-refractivity contribution in [3.05, 3.63) is 109 Å². The van der Waals surface area contributed by atoms with Gasteiger partial charge < -0.3 is 18.9 Å². The molecule has 0 fully saturated rings. The molecule has 2 atom stereocenters. The van der Waals surface area contributed by atoms with Crippen LogP contribution in [-0.2, 0) is 32.7 Å². The largest absolute Gasteiger partial charge is 0.472 e. The topological polar surface area (TPSA) is 108 Å². The van der Waals surface area contributed by atoms with Crippen molar-refractivity contribution in [3.8, 4) is 0 Å². The molecular weight excluding hydrogens is 1220 g/mol. The maximum Gasteiger partial charge on any atom is 0.472 e. The van der Waals surface area contributed by atoms with Gasteiger partial charge in [0.25, 0.3) is 0 Å². The molecule has 1 N–H and O–H groups in total. The van der Waals surface area contributed by atoms with Crippen LogP contribution in [0.3, 0.4) is 0 Å². The third-order valence-electron chi connectivity index (χ3n) is 18.1. The summed E-state index contributed by atoms with van der Waals surface area (Å²) in [7, 11) is 1.49. The minimum Gasteiger partial charge on any atom is -0.462 e. The Morgan fingerprint density at radius 2 is 0.588 bits per heavy atom. The standard InChI is InChI=1S/C87H156NO8P/c1-6-8-10-12-14-16-18-20-22-24-26-28-30-32-34-36-38-40-41-42-43-44-45-46-47-48-50-52-54-56-58-60-62-64-66-68-70-72-74-76-78-80-87(90)96-85(84-95-97(91,92)94-82-81-88(3,4)5)83-93-86(89)79-77-75-73-71-69-67-65-63-61-59-57-55-53-51-49-39-37-35-33-31-29-27-25-23-21-19-17-15-13-11-9-7-2/h8,10,14,16,20,22,26,28,32,34,38,40,42-43,45-46,48,50,85H,6-7,9,11-13,15,17-19,21,23-25,27,29-31,33,35-37,39,41,44,47,49,51-84H2,1-5H3/p+1/b10-8-,16-14-,22-20-,28-26-,34-32-,40-38-,43-42-,46-45-,50-48-. The number of likely N-dealkylation sites (N-methyl/N-ethyl adjacent to an activating group) is 1. The summed E-state index contributed by atoms with van der Waals surface area (Å²) in [5.74, 6) is -0.784. The van der Waals surface area contributed by atoms with Crippen LogP contribution >= 0.6 is 7.82 Å². The molecule has 0 aliphatic carbocycles. The number of esters is 2. The molecular formula is C87H157NO8P+. The Morgan fingerprint density at radius 3 is 0.876 bits per heavy atom. The molecule has 10 heteroatoms. The fourth-order valence-electron chi connectivity index (χ4n) is 11.8. The fraction of sp³-hybridized carbons (Fsp3) is 0.770. The van der Waals surface area contributed by atoms with Crippen LogP contribution < -0.4 is 0 Å². The van der Waals surface area contributed by atoms with Gasteiger partial charge in [-0.2, -0.15) is 0 Å². The number of unbranched alkanes of at least 4 members (excludes halogenated alkanes) is 44. The molecule has 0 aliphatic rings. The van der Waals surface area contributed by atoms with E-state index < -0.39 is 26.5 Å². The Kier molecular flexibility index (Phi) is 74.2. The van der Waals surface area contributed by atoms with Crippen LogP contribution in [0.1, 0.15) is 380 Å². The molecule has 0 aromatic rings. The molecule has 0 aliphatic heterocycles. The first kappa shape index (κ1) is 93.7. The fourth-order valence-corrected chi connectivity index (χ4v) is 12.6. The number of ether oxygens (including phenoxy) is 2. The normalized spacial score (nSPS) is 13.6. The van der Waals surface area contributed by atoms with Crippen LogP contribution in [0.2, 0.25) is 0 Å². The van der Waals surface area contributed by atoms with E-state index in [1.165, 1.54) is 250 Å². The molecule has 562 valence electrons. The quantitative estimate of drug-likeness (QED) is 0.0211. The van der Waals surface area contributed by atoms with Crippen molar-refractivity contribution in [1.82, 2.24) is 0 Å². The van der Waals surface area contributed by atoms with Crippen LogP contribution in [-0.4, -0.2) is 74.9 Å². The number of rotatable bonds is 76. The molecule has 9 nitrogen and oxygen atoms in total. The number of carbonyl (C=O) groups is 2. The molecule has 97 heavy (non-hydrogen) atoms. The number of hydrogen-bond acceptors (Lipinski definition) is 7. The first-order valence-electron chi connectivity index (χ1n) is 41.1. The molecule has 2 unspecified atom stereocenters. The van der Waals surface area contributed by atoms with E-state index in [4.69, 9.17) is 18.5 Å². The summed E-state index contributed by atoms with van der Waals surface area (Å²) in [6, 6.07) is 0. The lowest BCUT2D eigenvalue weighted by Crippen LogP contribution is -2.37. The summed E-state index contributed by atoms with van der Waals surface area (Å²) in [5.41, 5.74) is 0. The minimum atomic E-state index is -4.40. The van der Waals surface area contributed by atoms with Crippen molar-refractivity contribution in [1.29, 1.82) is 0 Å². The van der Waals surface area contributed by atoms with E-state index in [9.17, 15) is 19.0 Å². The smallest absolute Gasteiger partial charge is 0.462 e. The zero-order chi connectivity index (χ0) is 70.4. The second-order valence-electron chi connectivity index (χ2n) is 28.8. The van der Waals surface area contributed by atoms with Gasteiger partial charge in [0.15, 0.2) is 6.10 Å². The first-order chi connectivity index (χ1) is 47.5. The lowest BCUT2D eigenvalue weighted by Gasteiger charge is -2.24. The van der Waals surface area contributed by atoms with Crippen molar-refractivity contribution in [2.24, 2.45) is 0 Å². The van der Waals surface area contributed by atoms with E-state index in [0.717, 1.165) is 96.3 Å². The predicted molar refractivity (Wildman–Crippen MR) is 422 cm³/mol. The van der Waals surface area contributed by atoms with E-state index in [1.54, 1.807) is 0 Å². The Bertz CT molecular complexity index is 2010. The summed E-state index contributed by atoms with van der Waals surface area (Å²) in [6.45, 7) is 4.37. The highest BCUT2D eigenvalue weighted by Crippen LogP contribution is 2.43. The second-order valence-corrected chi connectivity index (χ2v) is 30.2. The van der Waals surface area contributed by atoms with E-state index in [2.05, 4.69) is 123 Å². The van der Waals surface area contributed by atoms with E-state index in [-0.39, 0.29) is 25.6 Å². The predicted octanol–water partition coefficient (Wildman–Crippen LogP) is 27.6. The van der Waals surface area contributed by atoms with Gasteiger partial charge in [0.05, 0.1) is 27.7 Å². The zero-order valence-corrected chi connectivity index (χ0v) is 65.2. The monoisotopic (exact) mass is 1380 g/mol. The van der Waals surface area contributed by atoms with Crippen LogP contribution in [0.5, 0.6) is 0 Å². The summed E-state index contributed by atoms with van der Waals surface area (Å²) in [6.07, 6.45) is 110. The van der Waals surface area contributed by atoms with Gasteiger partial charge in [-0.05, 0) is 83.5 Å². The summed E-state index contributed by atoms with van der Waals surface area (Å²) in [4.78, 5) is 36.0. The van der Waals surface area contributed by atoms with Crippen LogP contribution in [0.25, 0.3) is 0 Å². The van der Waals surface area contributed by atoms with E-state index >= 15 is 0 Å². The van der Waals surface area contributed by atoms with Gasteiger partial charge in [-0.15, -0.1) is 0 Å². The second kappa shape index (κ2) is 76.8. The number of hydrogen-bond donors (Lipinski definition) is 1. The summed E-state index contributed by atoms with van der Waals surface area (Å²) in [5, 5.41) is 0. The van der Waals surface area contributed by atoms with Gasteiger partial charge >= 0.3 is 19.8 Å². The number of nitrogens with zero attached hydrogens (tertiary/aromatic N) is 1. The molecule has 0 heterocycles. The van der Waals surface area contributed by atoms with Crippen LogP contribution in [0, 0.1) is 0 Å². The third kappa shape index (κ3) is 81.5. The SMILES string of the molecule is CC/C=C\C/C=C\C/C=C\C/C=C\C/C=C\C/C=C\C/C=C\C/C=C\C/C=C\CCCCCCCCCCCCCCCC(=O)OC(COC(=O)CCCCCCCCCCCCCCCCCCCCCCCCCCCCCCCCCC)COP(=O)(O)OCC[N+](C)(C)C. The average Bonchev–Trinajstić information content (AvgIpc) is 1.69. The summed E-state index contributed by atoms with van der Waals surface area (Å²) >= 11 is 0. The maximum absolute atomic E-state index is 12.9. The van der Waals surface area contributed by atoms with Gasteiger partial charge in [-0.25, -0.2) is 4.57 Å². The van der Waals surface area contributed by atoms with Crippen LogP contribution in [0.15, 0.2) is 109 Å². The van der Waals surface area contributed by atoms with Crippen molar-refractivity contribution in [3.63, 3.8) is 0 Å².